The van der Waals surface area contributed by atoms with Crippen molar-refractivity contribution in [2.45, 2.75) is 58.5 Å². The first-order valence-corrected chi connectivity index (χ1v) is 8.02. The highest BCUT2D eigenvalue weighted by Crippen LogP contribution is 2.29. The Hall–Kier alpha value is -1.28. The summed E-state index contributed by atoms with van der Waals surface area (Å²) in [4.78, 5) is 0. The van der Waals surface area contributed by atoms with E-state index in [1.807, 2.05) is 6.07 Å². The first-order chi connectivity index (χ1) is 9.79. The van der Waals surface area contributed by atoms with Crippen LogP contribution in [-0.2, 0) is 13.0 Å². The van der Waals surface area contributed by atoms with Crippen molar-refractivity contribution in [1.29, 1.82) is 0 Å². The Labute approximate surface area is 121 Å². The van der Waals surface area contributed by atoms with Crippen molar-refractivity contribution in [3.8, 4) is 0 Å². The second kappa shape index (κ2) is 6.01. The van der Waals surface area contributed by atoms with E-state index < -0.39 is 0 Å². The molecule has 20 heavy (non-hydrogen) atoms. The van der Waals surface area contributed by atoms with E-state index in [4.69, 9.17) is 4.42 Å². The zero-order valence-electron chi connectivity index (χ0n) is 12.6. The van der Waals surface area contributed by atoms with Gasteiger partial charge >= 0.3 is 0 Å². The molecule has 2 nitrogen and oxygen atoms in total. The van der Waals surface area contributed by atoms with Gasteiger partial charge in [0.05, 0.1) is 0 Å². The summed E-state index contributed by atoms with van der Waals surface area (Å²) in [5, 5.41) is 5.01. The van der Waals surface area contributed by atoms with Crippen molar-refractivity contribution >= 4 is 11.0 Å². The van der Waals surface area contributed by atoms with Crippen molar-refractivity contribution < 1.29 is 4.42 Å². The molecular weight excluding hydrogens is 246 g/mol. The minimum absolute atomic E-state index is 0.607. The Morgan fingerprint density at radius 3 is 2.75 bits per heavy atom. The van der Waals surface area contributed by atoms with E-state index in [0.717, 1.165) is 30.2 Å². The van der Waals surface area contributed by atoms with Gasteiger partial charge in [-0.1, -0.05) is 38.0 Å². The molecule has 1 N–H and O–H groups in total. The fourth-order valence-electron chi connectivity index (χ4n) is 3.52. The molecule has 0 spiro atoms. The molecule has 3 rings (SSSR count). The van der Waals surface area contributed by atoms with Crippen LogP contribution in [0.1, 0.15) is 50.9 Å². The zero-order valence-corrected chi connectivity index (χ0v) is 12.6. The lowest BCUT2D eigenvalue weighted by Crippen LogP contribution is -2.31. The van der Waals surface area contributed by atoms with Gasteiger partial charge in [-0.3, -0.25) is 0 Å². The van der Waals surface area contributed by atoms with Crippen molar-refractivity contribution in [3.63, 3.8) is 0 Å². The molecule has 0 saturated heterocycles. The first kappa shape index (κ1) is 13.7. The Morgan fingerprint density at radius 1 is 1.25 bits per heavy atom. The molecule has 108 valence electrons. The quantitative estimate of drug-likeness (QED) is 0.855. The molecule has 0 bridgehead atoms. The summed E-state index contributed by atoms with van der Waals surface area (Å²) in [5.41, 5.74) is 2.38. The van der Waals surface area contributed by atoms with Crippen LogP contribution in [-0.4, -0.2) is 6.04 Å². The number of furan rings is 1. The number of para-hydroxylation sites is 1. The highest BCUT2D eigenvalue weighted by molar-refractivity contribution is 5.82. The molecule has 1 fully saturated rings. The summed E-state index contributed by atoms with van der Waals surface area (Å²) in [7, 11) is 0. The van der Waals surface area contributed by atoms with Crippen molar-refractivity contribution in [1.82, 2.24) is 5.32 Å². The van der Waals surface area contributed by atoms with Crippen LogP contribution in [0.25, 0.3) is 11.0 Å². The average molecular weight is 271 g/mol. The van der Waals surface area contributed by atoms with Gasteiger partial charge in [0.1, 0.15) is 11.3 Å². The molecule has 1 heterocycles. The highest BCUT2D eigenvalue weighted by Gasteiger charge is 2.22. The molecule has 1 aliphatic rings. The number of aryl methyl sites for hydroxylation is 1. The number of nitrogens with one attached hydrogen (secondary N) is 1. The van der Waals surface area contributed by atoms with Crippen LogP contribution in [0.2, 0.25) is 0 Å². The fraction of sp³-hybridized carbons (Fsp3) is 0.556. The van der Waals surface area contributed by atoms with Crippen molar-refractivity contribution in [3.05, 3.63) is 35.6 Å². The predicted molar refractivity (Wildman–Crippen MR) is 83.9 cm³/mol. The van der Waals surface area contributed by atoms with Gasteiger partial charge in [-0.2, -0.15) is 0 Å². The molecule has 1 aromatic heterocycles. The minimum Gasteiger partial charge on any atom is -0.461 e. The zero-order chi connectivity index (χ0) is 13.9. The SMILES string of the molecule is CCc1oc2ccccc2c1CNC(C)C1CCCC1. The van der Waals surface area contributed by atoms with E-state index in [0.29, 0.717) is 6.04 Å². The summed E-state index contributed by atoms with van der Waals surface area (Å²) < 4.78 is 5.97. The van der Waals surface area contributed by atoms with E-state index in [-0.39, 0.29) is 0 Å². The summed E-state index contributed by atoms with van der Waals surface area (Å²) >= 11 is 0. The monoisotopic (exact) mass is 271 g/mol. The number of fused-ring (bicyclic) bond motifs is 1. The normalized spacial score (nSPS) is 17.9. The van der Waals surface area contributed by atoms with Crippen LogP contribution < -0.4 is 5.32 Å². The summed E-state index contributed by atoms with van der Waals surface area (Å²) in [6, 6.07) is 8.99. The van der Waals surface area contributed by atoms with E-state index in [9.17, 15) is 0 Å². The van der Waals surface area contributed by atoms with Gasteiger partial charge in [0.25, 0.3) is 0 Å². The number of hydrogen-bond acceptors (Lipinski definition) is 2. The molecule has 0 amide bonds. The van der Waals surface area contributed by atoms with Crippen LogP contribution >= 0.6 is 0 Å². The van der Waals surface area contributed by atoms with Crippen LogP contribution in [0.15, 0.2) is 28.7 Å². The second-order valence-electron chi connectivity index (χ2n) is 6.07. The maximum absolute atomic E-state index is 5.97. The van der Waals surface area contributed by atoms with Crippen LogP contribution in [0.5, 0.6) is 0 Å². The Kier molecular flexibility index (Phi) is 4.11. The summed E-state index contributed by atoms with van der Waals surface area (Å²) in [6.07, 6.45) is 6.56. The molecule has 1 saturated carbocycles. The molecule has 0 radical (unpaired) electrons. The average Bonchev–Trinajstić information content (AvgIpc) is 3.12. The fourth-order valence-corrected chi connectivity index (χ4v) is 3.52. The van der Waals surface area contributed by atoms with Gasteiger partial charge in [0, 0.05) is 30.0 Å². The van der Waals surface area contributed by atoms with Gasteiger partial charge in [-0.05, 0) is 31.7 Å². The molecule has 1 aliphatic carbocycles. The van der Waals surface area contributed by atoms with Gasteiger partial charge in [0.15, 0.2) is 0 Å². The topological polar surface area (TPSA) is 25.2 Å². The van der Waals surface area contributed by atoms with Crippen LogP contribution in [0, 0.1) is 5.92 Å². The van der Waals surface area contributed by atoms with E-state index in [2.05, 4.69) is 37.4 Å². The van der Waals surface area contributed by atoms with Gasteiger partial charge in [-0.15, -0.1) is 0 Å². The molecule has 1 aromatic carbocycles. The van der Waals surface area contributed by atoms with Crippen LogP contribution in [0.4, 0.5) is 0 Å². The lowest BCUT2D eigenvalue weighted by Gasteiger charge is -2.20. The molecule has 2 heteroatoms. The second-order valence-corrected chi connectivity index (χ2v) is 6.07. The van der Waals surface area contributed by atoms with Crippen molar-refractivity contribution in [2.75, 3.05) is 0 Å². The van der Waals surface area contributed by atoms with Crippen molar-refractivity contribution in [2.24, 2.45) is 5.92 Å². The molecule has 2 aromatic rings. The standard InChI is InChI=1S/C18H25NO/c1-3-17-16(15-10-6-7-11-18(15)20-17)12-19-13(2)14-8-4-5-9-14/h6-7,10-11,13-14,19H,3-5,8-9,12H2,1-2H3. The first-order valence-electron chi connectivity index (χ1n) is 8.02. The lowest BCUT2D eigenvalue weighted by molar-refractivity contribution is 0.379. The Bertz CT molecular complexity index is 566. The molecule has 0 aliphatic heterocycles. The third kappa shape index (κ3) is 2.62. The lowest BCUT2D eigenvalue weighted by atomic mass is 9.99. The minimum atomic E-state index is 0.607. The predicted octanol–water partition coefficient (Wildman–Crippen LogP) is 4.66. The third-order valence-corrected chi connectivity index (χ3v) is 4.81. The number of hydrogen-bond donors (Lipinski definition) is 1. The summed E-state index contributed by atoms with van der Waals surface area (Å²) in [5.74, 6) is 2.00. The van der Waals surface area contributed by atoms with Gasteiger partial charge in [-0.25, -0.2) is 0 Å². The van der Waals surface area contributed by atoms with E-state index in [1.165, 1.54) is 36.6 Å². The maximum atomic E-state index is 5.97. The highest BCUT2D eigenvalue weighted by atomic mass is 16.3. The number of benzene rings is 1. The van der Waals surface area contributed by atoms with E-state index in [1.54, 1.807) is 0 Å². The summed E-state index contributed by atoms with van der Waals surface area (Å²) in [6.45, 7) is 5.43. The number of rotatable bonds is 5. The van der Waals surface area contributed by atoms with Crippen LogP contribution in [0.3, 0.4) is 0 Å². The van der Waals surface area contributed by atoms with Gasteiger partial charge in [0.2, 0.25) is 0 Å². The largest absolute Gasteiger partial charge is 0.461 e. The maximum Gasteiger partial charge on any atom is 0.134 e. The van der Waals surface area contributed by atoms with E-state index >= 15 is 0 Å². The molecule has 1 atom stereocenters. The smallest absolute Gasteiger partial charge is 0.134 e. The van der Waals surface area contributed by atoms with Gasteiger partial charge < -0.3 is 9.73 Å². The Morgan fingerprint density at radius 2 is 2.00 bits per heavy atom. The Balaban J connectivity index is 1.76. The third-order valence-electron chi connectivity index (χ3n) is 4.81. The molecular formula is C18H25NO. The molecule has 1 unspecified atom stereocenters.